The van der Waals surface area contributed by atoms with Crippen molar-refractivity contribution in [1.29, 1.82) is 0 Å². The average Bonchev–Trinajstić information content (AvgIpc) is 2.75. The molecule has 2 rings (SSSR count). The molecule has 0 aromatic carbocycles. The maximum Gasteiger partial charge on any atom is 0.357 e. The quantitative estimate of drug-likeness (QED) is 0.644. The van der Waals surface area contributed by atoms with E-state index >= 15 is 0 Å². The van der Waals surface area contributed by atoms with Crippen LogP contribution in [0, 0.1) is 0 Å². The number of aromatic nitrogens is 1. The van der Waals surface area contributed by atoms with Gasteiger partial charge in [-0.3, -0.25) is 0 Å². The molecule has 1 heterocycles. The second-order valence-corrected chi connectivity index (χ2v) is 3.41. The molecule has 1 aliphatic carbocycles. The largest absolute Gasteiger partial charge is 0.476 e. The number of aliphatic hydroxyl groups is 1. The molecule has 0 radical (unpaired) electrons. The minimum absolute atomic E-state index is 0.00220. The zero-order chi connectivity index (χ0) is 10.2. The SMILES string of the molecule is O=C(O)c1coc(NC2(CO)CC2)n1. The summed E-state index contributed by atoms with van der Waals surface area (Å²) in [6.45, 7) is -0.00220. The van der Waals surface area contributed by atoms with Crippen LogP contribution in [0.1, 0.15) is 23.3 Å². The summed E-state index contributed by atoms with van der Waals surface area (Å²) in [6.07, 6.45) is 2.75. The van der Waals surface area contributed by atoms with Gasteiger partial charge in [-0.05, 0) is 12.8 Å². The Balaban J connectivity index is 2.07. The standard InChI is InChI=1S/C8H10N2O4/c11-4-8(1-2-8)10-7-9-5(3-14-7)6(12)13/h3,11H,1-2,4H2,(H,9,10)(H,12,13). The van der Waals surface area contributed by atoms with E-state index in [1.165, 1.54) is 0 Å². The monoisotopic (exact) mass is 198 g/mol. The smallest absolute Gasteiger partial charge is 0.357 e. The lowest BCUT2D eigenvalue weighted by molar-refractivity contribution is 0.0690. The number of rotatable bonds is 4. The molecule has 6 nitrogen and oxygen atoms in total. The molecule has 76 valence electrons. The van der Waals surface area contributed by atoms with Gasteiger partial charge in [-0.25, -0.2) is 4.79 Å². The lowest BCUT2D eigenvalue weighted by Gasteiger charge is -2.10. The minimum Gasteiger partial charge on any atom is -0.476 e. The van der Waals surface area contributed by atoms with Crippen molar-refractivity contribution in [2.24, 2.45) is 0 Å². The summed E-state index contributed by atoms with van der Waals surface area (Å²) in [5, 5.41) is 20.4. The fraction of sp³-hybridized carbons (Fsp3) is 0.500. The van der Waals surface area contributed by atoms with Crippen molar-refractivity contribution in [2.75, 3.05) is 11.9 Å². The highest BCUT2D eigenvalue weighted by Crippen LogP contribution is 2.37. The van der Waals surface area contributed by atoms with Gasteiger partial charge in [0.25, 0.3) is 6.01 Å². The van der Waals surface area contributed by atoms with Crippen LogP contribution in [0.4, 0.5) is 6.01 Å². The number of hydrogen-bond acceptors (Lipinski definition) is 5. The van der Waals surface area contributed by atoms with E-state index in [1.807, 2.05) is 0 Å². The highest BCUT2D eigenvalue weighted by Gasteiger charge is 2.43. The number of aliphatic hydroxyl groups excluding tert-OH is 1. The van der Waals surface area contributed by atoms with Gasteiger partial charge in [0, 0.05) is 0 Å². The van der Waals surface area contributed by atoms with Gasteiger partial charge in [-0.2, -0.15) is 4.98 Å². The van der Waals surface area contributed by atoms with Gasteiger partial charge >= 0.3 is 5.97 Å². The second kappa shape index (κ2) is 2.98. The van der Waals surface area contributed by atoms with Crippen molar-refractivity contribution in [2.45, 2.75) is 18.4 Å². The van der Waals surface area contributed by atoms with Crippen LogP contribution in [0.2, 0.25) is 0 Å². The van der Waals surface area contributed by atoms with Crippen LogP contribution >= 0.6 is 0 Å². The van der Waals surface area contributed by atoms with Crippen LogP contribution in [-0.2, 0) is 0 Å². The topological polar surface area (TPSA) is 95.6 Å². The lowest BCUT2D eigenvalue weighted by atomic mass is 10.3. The molecule has 3 N–H and O–H groups in total. The summed E-state index contributed by atoms with van der Waals surface area (Å²) in [7, 11) is 0. The Kier molecular flexibility index (Phi) is 1.92. The summed E-state index contributed by atoms with van der Waals surface area (Å²) in [4.78, 5) is 14.2. The number of carbonyl (C=O) groups is 1. The Morgan fingerprint density at radius 3 is 2.86 bits per heavy atom. The predicted octanol–water partition coefficient (Wildman–Crippen LogP) is 0.310. The summed E-state index contributed by atoms with van der Waals surface area (Å²) in [6, 6.07) is 0.147. The molecular weight excluding hydrogens is 188 g/mol. The number of anilines is 1. The number of hydrogen-bond donors (Lipinski definition) is 3. The first-order valence-electron chi connectivity index (χ1n) is 4.23. The fourth-order valence-electron chi connectivity index (χ4n) is 1.13. The van der Waals surface area contributed by atoms with Crippen LogP contribution in [0.25, 0.3) is 0 Å². The van der Waals surface area contributed by atoms with Gasteiger partial charge in [-0.15, -0.1) is 0 Å². The molecule has 1 aromatic rings. The lowest BCUT2D eigenvalue weighted by Crippen LogP contribution is -2.25. The van der Waals surface area contributed by atoms with E-state index < -0.39 is 5.97 Å². The molecule has 1 saturated carbocycles. The molecule has 0 unspecified atom stereocenters. The van der Waals surface area contributed by atoms with E-state index in [-0.39, 0.29) is 23.9 Å². The zero-order valence-corrected chi connectivity index (χ0v) is 7.36. The maximum atomic E-state index is 10.5. The Bertz CT molecular complexity index is 356. The van der Waals surface area contributed by atoms with E-state index in [2.05, 4.69) is 10.3 Å². The number of nitrogens with one attached hydrogen (secondary N) is 1. The van der Waals surface area contributed by atoms with E-state index in [9.17, 15) is 4.79 Å². The highest BCUT2D eigenvalue weighted by atomic mass is 16.4. The van der Waals surface area contributed by atoms with Gasteiger partial charge in [-0.1, -0.05) is 0 Å². The summed E-state index contributed by atoms with van der Waals surface area (Å²) in [5.41, 5.74) is -0.484. The van der Waals surface area contributed by atoms with Gasteiger partial charge in [0.1, 0.15) is 6.26 Å². The third-order valence-corrected chi connectivity index (χ3v) is 2.25. The van der Waals surface area contributed by atoms with Gasteiger partial charge in [0.15, 0.2) is 5.69 Å². The molecule has 6 heteroatoms. The minimum atomic E-state index is -1.13. The molecule has 1 fully saturated rings. The van der Waals surface area contributed by atoms with Crippen LogP contribution < -0.4 is 5.32 Å². The normalized spacial score (nSPS) is 17.8. The molecule has 0 bridgehead atoms. The zero-order valence-electron chi connectivity index (χ0n) is 7.36. The first kappa shape index (κ1) is 9.01. The number of aromatic carboxylic acids is 1. The summed E-state index contributed by atoms with van der Waals surface area (Å²) < 4.78 is 4.89. The third-order valence-electron chi connectivity index (χ3n) is 2.25. The Labute approximate surface area is 79.6 Å². The summed E-state index contributed by atoms with van der Waals surface area (Å²) >= 11 is 0. The van der Waals surface area contributed by atoms with E-state index in [0.29, 0.717) is 0 Å². The number of carboxylic acids is 1. The molecule has 0 spiro atoms. The Morgan fingerprint density at radius 2 is 2.43 bits per heavy atom. The van der Waals surface area contributed by atoms with Crippen LogP contribution in [-0.4, -0.2) is 33.3 Å². The van der Waals surface area contributed by atoms with Gasteiger partial charge in [0.2, 0.25) is 0 Å². The summed E-state index contributed by atoms with van der Waals surface area (Å²) in [5.74, 6) is -1.13. The number of nitrogens with zero attached hydrogens (tertiary/aromatic N) is 1. The van der Waals surface area contributed by atoms with E-state index in [0.717, 1.165) is 19.1 Å². The Hall–Kier alpha value is -1.56. The van der Waals surface area contributed by atoms with Crippen LogP contribution in [0.3, 0.4) is 0 Å². The van der Waals surface area contributed by atoms with Gasteiger partial charge < -0.3 is 19.9 Å². The van der Waals surface area contributed by atoms with Crippen LogP contribution in [0.15, 0.2) is 10.7 Å². The van der Waals surface area contributed by atoms with Crippen LogP contribution in [0.5, 0.6) is 0 Å². The molecule has 0 amide bonds. The molecule has 14 heavy (non-hydrogen) atoms. The first-order valence-corrected chi connectivity index (χ1v) is 4.23. The molecule has 0 atom stereocenters. The molecule has 1 aliphatic rings. The van der Waals surface area contributed by atoms with Crippen molar-refractivity contribution in [3.05, 3.63) is 12.0 Å². The highest BCUT2D eigenvalue weighted by molar-refractivity contribution is 5.85. The average molecular weight is 198 g/mol. The number of oxazole rings is 1. The van der Waals surface area contributed by atoms with Crippen molar-refractivity contribution in [3.8, 4) is 0 Å². The Morgan fingerprint density at radius 1 is 1.71 bits per heavy atom. The van der Waals surface area contributed by atoms with Crippen molar-refractivity contribution in [3.63, 3.8) is 0 Å². The first-order chi connectivity index (χ1) is 6.65. The molecule has 1 aromatic heterocycles. The molecular formula is C8H10N2O4. The van der Waals surface area contributed by atoms with E-state index in [1.54, 1.807) is 0 Å². The van der Waals surface area contributed by atoms with Crippen molar-refractivity contribution in [1.82, 2.24) is 4.98 Å². The van der Waals surface area contributed by atoms with Crippen molar-refractivity contribution >= 4 is 12.0 Å². The molecule has 0 aliphatic heterocycles. The third kappa shape index (κ3) is 1.56. The maximum absolute atomic E-state index is 10.5. The van der Waals surface area contributed by atoms with Crippen molar-refractivity contribution < 1.29 is 19.4 Å². The number of carboxylic acid groups (broad SMARTS) is 1. The fourth-order valence-corrected chi connectivity index (χ4v) is 1.13. The van der Waals surface area contributed by atoms with E-state index in [4.69, 9.17) is 14.6 Å². The second-order valence-electron chi connectivity index (χ2n) is 3.41. The molecule has 0 saturated heterocycles. The van der Waals surface area contributed by atoms with Gasteiger partial charge in [0.05, 0.1) is 12.1 Å². The predicted molar refractivity (Wildman–Crippen MR) is 46.1 cm³/mol.